The summed E-state index contributed by atoms with van der Waals surface area (Å²) in [6.07, 6.45) is 7.16. The van der Waals surface area contributed by atoms with Gasteiger partial charge in [-0.05, 0) is 25.2 Å². The molecule has 0 radical (unpaired) electrons. The van der Waals surface area contributed by atoms with Crippen LogP contribution in [0.4, 0.5) is 0 Å². The van der Waals surface area contributed by atoms with Crippen molar-refractivity contribution in [2.45, 2.75) is 45.4 Å². The molecule has 0 aliphatic heterocycles. The first-order valence-electron chi connectivity index (χ1n) is 4.79. The Kier molecular flexibility index (Phi) is 1.55. The van der Waals surface area contributed by atoms with Gasteiger partial charge in [-0.2, -0.15) is 0 Å². The van der Waals surface area contributed by atoms with Gasteiger partial charge in [0.2, 0.25) is 0 Å². The fourth-order valence-corrected chi connectivity index (χ4v) is 2.75. The molecule has 0 saturated heterocycles. The molecule has 0 amide bonds. The molecule has 0 N–H and O–H groups in total. The van der Waals surface area contributed by atoms with Crippen LogP contribution in [0.2, 0.25) is 0 Å². The lowest BCUT2D eigenvalue weighted by Gasteiger charge is -2.47. The Morgan fingerprint density at radius 3 is 2.55 bits per heavy atom. The summed E-state index contributed by atoms with van der Waals surface area (Å²) < 4.78 is 0. The van der Waals surface area contributed by atoms with Gasteiger partial charge >= 0.3 is 0 Å². The number of hydrogen-bond donors (Lipinski definition) is 0. The van der Waals surface area contributed by atoms with E-state index in [9.17, 15) is 4.79 Å². The third-order valence-corrected chi connectivity index (χ3v) is 3.81. The first-order chi connectivity index (χ1) is 5.26. The average molecular weight is 152 g/mol. The number of ketones is 1. The zero-order valence-corrected chi connectivity index (χ0v) is 7.23. The van der Waals surface area contributed by atoms with Crippen LogP contribution in [-0.2, 0) is 4.79 Å². The minimum absolute atomic E-state index is 0.179. The summed E-state index contributed by atoms with van der Waals surface area (Å²) in [5.74, 6) is 1.24. The molecular formula is C10H16O. The van der Waals surface area contributed by atoms with Gasteiger partial charge in [-0.1, -0.05) is 19.8 Å². The van der Waals surface area contributed by atoms with Crippen LogP contribution in [0.15, 0.2) is 0 Å². The van der Waals surface area contributed by atoms with Crippen LogP contribution in [0, 0.1) is 11.3 Å². The van der Waals surface area contributed by atoms with Gasteiger partial charge in [0.05, 0.1) is 0 Å². The molecule has 11 heavy (non-hydrogen) atoms. The average Bonchev–Trinajstić information content (AvgIpc) is 2.03. The summed E-state index contributed by atoms with van der Waals surface area (Å²) in [6.45, 7) is 2.26. The number of carbonyl (C=O) groups is 1. The fourth-order valence-electron chi connectivity index (χ4n) is 2.75. The van der Waals surface area contributed by atoms with Crippen molar-refractivity contribution in [2.24, 2.45) is 11.3 Å². The number of carbonyl (C=O) groups excluding carboxylic acids is 1. The molecular weight excluding hydrogens is 136 g/mol. The van der Waals surface area contributed by atoms with E-state index in [-0.39, 0.29) is 5.41 Å². The Morgan fingerprint density at radius 1 is 1.36 bits per heavy atom. The normalized spacial score (nSPS) is 44.1. The first kappa shape index (κ1) is 7.33. The van der Waals surface area contributed by atoms with Crippen LogP contribution < -0.4 is 0 Å². The van der Waals surface area contributed by atoms with E-state index in [1.54, 1.807) is 0 Å². The second-order valence-electron chi connectivity index (χ2n) is 4.23. The molecule has 1 nitrogen and oxygen atoms in total. The molecule has 2 aliphatic rings. The summed E-state index contributed by atoms with van der Waals surface area (Å²) in [5, 5.41) is 0. The third-order valence-electron chi connectivity index (χ3n) is 3.81. The summed E-state index contributed by atoms with van der Waals surface area (Å²) in [5.41, 5.74) is 0.179. The minimum Gasteiger partial charge on any atom is -0.299 e. The molecule has 0 heterocycles. The van der Waals surface area contributed by atoms with E-state index >= 15 is 0 Å². The summed E-state index contributed by atoms with van der Waals surface area (Å²) in [7, 11) is 0. The van der Waals surface area contributed by atoms with Crippen LogP contribution in [0.5, 0.6) is 0 Å². The van der Waals surface area contributed by atoms with Crippen molar-refractivity contribution < 1.29 is 4.79 Å². The Morgan fingerprint density at radius 2 is 2.18 bits per heavy atom. The Bertz CT molecular complexity index is 185. The highest BCUT2D eigenvalue weighted by Gasteiger charge is 2.50. The maximum Gasteiger partial charge on any atom is 0.139 e. The Balaban J connectivity index is 2.15. The topological polar surface area (TPSA) is 17.1 Å². The monoisotopic (exact) mass is 152 g/mol. The smallest absolute Gasteiger partial charge is 0.139 e. The van der Waals surface area contributed by atoms with Crippen molar-refractivity contribution in [3.8, 4) is 0 Å². The zero-order valence-electron chi connectivity index (χ0n) is 7.23. The Hall–Kier alpha value is -0.330. The zero-order chi connectivity index (χ0) is 7.90. The predicted molar refractivity (Wildman–Crippen MR) is 44.3 cm³/mol. The molecule has 1 heteroatoms. The van der Waals surface area contributed by atoms with Crippen molar-refractivity contribution in [3.05, 3.63) is 0 Å². The quantitative estimate of drug-likeness (QED) is 0.521. The highest BCUT2D eigenvalue weighted by molar-refractivity contribution is 5.90. The van der Waals surface area contributed by atoms with Crippen molar-refractivity contribution in [2.75, 3.05) is 0 Å². The van der Waals surface area contributed by atoms with E-state index in [0.29, 0.717) is 11.7 Å². The van der Waals surface area contributed by atoms with Gasteiger partial charge in [0, 0.05) is 11.8 Å². The molecule has 2 fully saturated rings. The molecule has 0 unspecified atom stereocenters. The minimum atomic E-state index is 0.179. The van der Waals surface area contributed by atoms with Crippen molar-refractivity contribution in [1.29, 1.82) is 0 Å². The van der Waals surface area contributed by atoms with E-state index < -0.39 is 0 Å². The highest BCUT2D eigenvalue weighted by Crippen LogP contribution is 2.52. The fraction of sp³-hybridized carbons (Fsp3) is 0.900. The lowest BCUT2D eigenvalue weighted by atomic mass is 9.55. The third kappa shape index (κ3) is 0.863. The van der Waals surface area contributed by atoms with Crippen molar-refractivity contribution >= 4 is 5.78 Å². The van der Waals surface area contributed by atoms with Crippen LogP contribution in [-0.4, -0.2) is 5.78 Å². The SMILES string of the molecule is C[C@@H]1CCCC[C@]12CCC2=O. The van der Waals surface area contributed by atoms with Gasteiger partial charge < -0.3 is 0 Å². The summed E-state index contributed by atoms with van der Waals surface area (Å²) in [6, 6.07) is 0. The van der Waals surface area contributed by atoms with Crippen LogP contribution in [0.3, 0.4) is 0 Å². The molecule has 0 bridgehead atoms. The second kappa shape index (κ2) is 2.33. The number of rotatable bonds is 0. The van der Waals surface area contributed by atoms with E-state index in [1.807, 2.05) is 0 Å². The van der Waals surface area contributed by atoms with Crippen LogP contribution in [0.25, 0.3) is 0 Å². The van der Waals surface area contributed by atoms with Crippen molar-refractivity contribution in [1.82, 2.24) is 0 Å². The molecule has 0 aromatic heterocycles. The Labute approximate surface area is 68.2 Å². The first-order valence-corrected chi connectivity index (χ1v) is 4.79. The van der Waals surface area contributed by atoms with Gasteiger partial charge in [0.1, 0.15) is 5.78 Å². The molecule has 2 atom stereocenters. The number of Topliss-reactive ketones (excluding diaryl/α,β-unsaturated/α-hetero) is 1. The molecule has 1 spiro atoms. The van der Waals surface area contributed by atoms with E-state index in [0.717, 1.165) is 6.42 Å². The summed E-state index contributed by atoms with van der Waals surface area (Å²) >= 11 is 0. The standard InChI is InChI=1S/C10H16O/c1-8-4-2-3-6-10(8)7-5-9(10)11/h8H,2-7H2,1H3/t8-,10+/m1/s1. The van der Waals surface area contributed by atoms with E-state index in [4.69, 9.17) is 0 Å². The van der Waals surface area contributed by atoms with Crippen molar-refractivity contribution in [3.63, 3.8) is 0 Å². The van der Waals surface area contributed by atoms with Gasteiger partial charge in [-0.25, -0.2) is 0 Å². The maximum absolute atomic E-state index is 11.4. The predicted octanol–water partition coefficient (Wildman–Crippen LogP) is 2.55. The molecule has 62 valence electrons. The van der Waals surface area contributed by atoms with Crippen LogP contribution >= 0.6 is 0 Å². The largest absolute Gasteiger partial charge is 0.299 e. The number of hydrogen-bond acceptors (Lipinski definition) is 1. The van der Waals surface area contributed by atoms with E-state index in [1.165, 1.54) is 32.1 Å². The maximum atomic E-state index is 11.4. The van der Waals surface area contributed by atoms with Gasteiger partial charge in [0.25, 0.3) is 0 Å². The van der Waals surface area contributed by atoms with Gasteiger partial charge in [-0.15, -0.1) is 0 Å². The molecule has 2 rings (SSSR count). The molecule has 2 aliphatic carbocycles. The molecule has 2 saturated carbocycles. The lowest BCUT2D eigenvalue weighted by Crippen LogP contribution is -2.47. The van der Waals surface area contributed by atoms with Gasteiger partial charge in [-0.3, -0.25) is 4.79 Å². The van der Waals surface area contributed by atoms with Crippen LogP contribution in [0.1, 0.15) is 45.4 Å². The van der Waals surface area contributed by atoms with Gasteiger partial charge in [0.15, 0.2) is 0 Å². The summed E-state index contributed by atoms with van der Waals surface area (Å²) in [4.78, 5) is 11.4. The second-order valence-corrected chi connectivity index (χ2v) is 4.23. The molecule has 0 aromatic rings. The lowest BCUT2D eigenvalue weighted by molar-refractivity contribution is -0.145. The molecule has 0 aromatic carbocycles. The highest BCUT2D eigenvalue weighted by atomic mass is 16.1. The van der Waals surface area contributed by atoms with E-state index in [2.05, 4.69) is 6.92 Å².